The van der Waals surface area contributed by atoms with E-state index >= 15 is 0 Å². The van der Waals surface area contributed by atoms with E-state index in [0.717, 1.165) is 25.7 Å². The molecule has 6 N–H and O–H groups in total. The molecule has 6 rings (SSSR count). The zero-order valence-electron chi connectivity index (χ0n) is 28.7. The summed E-state index contributed by atoms with van der Waals surface area (Å²) in [6.07, 6.45) is -1.79. The Labute approximate surface area is 273 Å². The molecule has 10 nitrogen and oxygen atoms in total. The van der Waals surface area contributed by atoms with E-state index in [4.69, 9.17) is 14.2 Å². The molecule has 2 saturated heterocycles. The molecule has 3 unspecified atom stereocenters. The Balaban J connectivity index is 1.35. The summed E-state index contributed by atoms with van der Waals surface area (Å²) in [5, 5.41) is 63.9. The third-order valence-electron chi connectivity index (χ3n) is 15.2. The molecule has 0 amide bonds. The first kappa shape index (κ1) is 34.7. The Morgan fingerprint density at radius 2 is 1.67 bits per heavy atom. The number of hydrogen-bond acceptors (Lipinski definition) is 9. The van der Waals surface area contributed by atoms with E-state index in [1.165, 1.54) is 5.57 Å². The fourth-order valence-corrected chi connectivity index (χ4v) is 12.2. The topological polar surface area (TPSA) is 166 Å². The number of aliphatic hydroxyl groups is 5. The Morgan fingerprint density at radius 1 is 0.978 bits per heavy atom. The van der Waals surface area contributed by atoms with E-state index in [1.54, 1.807) is 0 Å². The Bertz CT molecular complexity index is 1220. The minimum absolute atomic E-state index is 0.104. The summed E-state index contributed by atoms with van der Waals surface area (Å²) in [5.41, 5.74) is -0.767. The Kier molecular flexibility index (Phi) is 8.66. The lowest BCUT2D eigenvalue weighted by atomic mass is 9.34. The molecule has 16 atom stereocenters. The number of carboxylic acids is 1. The van der Waals surface area contributed by atoms with Gasteiger partial charge in [0.2, 0.25) is 0 Å². The molecule has 4 aliphatic carbocycles. The zero-order chi connectivity index (χ0) is 33.8. The third-order valence-corrected chi connectivity index (χ3v) is 15.2. The van der Waals surface area contributed by atoms with Crippen LogP contribution in [0.1, 0.15) is 87.0 Å². The maximum Gasteiger partial charge on any atom is 0.307 e. The van der Waals surface area contributed by atoms with Gasteiger partial charge in [-0.3, -0.25) is 4.79 Å². The predicted octanol–water partition coefficient (Wildman–Crippen LogP) is 3.12. The number of hydrogen-bond donors (Lipinski definition) is 6. The lowest BCUT2D eigenvalue weighted by Crippen LogP contribution is -2.71. The van der Waals surface area contributed by atoms with Gasteiger partial charge in [-0.1, -0.05) is 60.1 Å². The summed E-state index contributed by atoms with van der Waals surface area (Å²) in [6, 6.07) is 0. The second kappa shape index (κ2) is 11.5. The van der Waals surface area contributed by atoms with Crippen LogP contribution in [0.15, 0.2) is 11.6 Å². The minimum atomic E-state index is -1.57. The van der Waals surface area contributed by atoms with Gasteiger partial charge in [-0.15, -0.1) is 0 Å². The van der Waals surface area contributed by atoms with Crippen LogP contribution in [0, 0.1) is 56.7 Å². The molecule has 0 radical (unpaired) electrons. The van der Waals surface area contributed by atoms with Crippen molar-refractivity contribution in [2.75, 3.05) is 19.8 Å². The van der Waals surface area contributed by atoms with Gasteiger partial charge in [0, 0.05) is 10.8 Å². The highest BCUT2D eigenvalue weighted by molar-refractivity contribution is 5.73. The van der Waals surface area contributed by atoms with Crippen molar-refractivity contribution in [3.63, 3.8) is 0 Å². The van der Waals surface area contributed by atoms with Crippen LogP contribution in [0.2, 0.25) is 0 Å². The molecule has 262 valence electrons. The van der Waals surface area contributed by atoms with Crippen molar-refractivity contribution in [1.29, 1.82) is 0 Å². The van der Waals surface area contributed by atoms with Crippen LogP contribution >= 0.6 is 0 Å². The molecule has 3 saturated carbocycles. The number of carboxylic acid groups (broad SMARTS) is 1. The highest BCUT2D eigenvalue weighted by atomic mass is 16.7. The van der Waals surface area contributed by atoms with Gasteiger partial charge in [-0.25, -0.2) is 0 Å². The summed E-state index contributed by atoms with van der Waals surface area (Å²) in [7, 11) is 0. The van der Waals surface area contributed by atoms with Crippen LogP contribution in [0.25, 0.3) is 0 Å². The van der Waals surface area contributed by atoms with E-state index in [2.05, 4.69) is 54.5 Å². The molecule has 0 aromatic carbocycles. The quantitative estimate of drug-likeness (QED) is 0.186. The summed E-state index contributed by atoms with van der Waals surface area (Å²) in [4.78, 5) is 13.3. The van der Waals surface area contributed by atoms with Crippen molar-refractivity contribution in [2.45, 2.75) is 130 Å². The van der Waals surface area contributed by atoms with E-state index in [1.807, 2.05) is 0 Å². The lowest BCUT2D eigenvalue weighted by Gasteiger charge is -2.71. The lowest BCUT2D eigenvalue weighted by molar-refractivity contribution is -0.349. The van der Waals surface area contributed by atoms with Crippen LogP contribution < -0.4 is 0 Å². The van der Waals surface area contributed by atoms with Crippen molar-refractivity contribution in [2.24, 2.45) is 56.7 Å². The van der Waals surface area contributed by atoms with Gasteiger partial charge in [0.05, 0.1) is 37.9 Å². The molecule has 5 fully saturated rings. The summed E-state index contributed by atoms with van der Waals surface area (Å²) < 4.78 is 18.4. The number of aliphatic carboxylic acids is 1. The standard InChI is InChI=1S/C36H58O10/c1-18(2)19(3)32(4)12-13-34(6)20-8-9-24-33(5)16-44-17-36(24,21(20)10-11-35(34,7)28(32)30(42)43)14-22(38)29(33)46-31-27(41)26(40)25(39)23(15-37)45-31/h10,18-20,22-29,31,37-41H,8-9,11-17H2,1-7H3,(H,42,43)/t19-,20+,22-,23?,24+,25-,26+,27?,28-,29+,31+,32-,33?,34-,35+,36+/m1/s1. The summed E-state index contributed by atoms with van der Waals surface area (Å²) in [5.74, 6) is -0.261. The maximum absolute atomic E-state index is 13.3. The molecule has 46 heavy (non-hydrogen) atoms. The first-order chi connectivity index (χ1) is 21.4. The number of allylic oxidation sites excluding steroid dienone is 1. The van der Waals surface area contributed by atoms with Crippen LogP contribution in [-0.4, -0.2) is 99.3 Å². The highest BCUT2D eigenvalue weighted by Gasteiger charge is 2.72. The Morgan fingerprint density at radius 3 is 2.30 bits per heavy atom. The van der Waals surface area contributed by atoms with Gasteiger partial charge in [-0.05, 0) is 78.4 Å². The van der Waals surface area contributed by atoms with Crippen LogP contribution in [0.5, 0.6) is 0 Å². The maximum atomic E-state index is 13.3. The van der Waals surface area contributed by atoms with Gasteiger partial charge < -0.3 is 44.8 Å². The van der Waals surface area contributed by atoms with Crippen LogP contribution in [0.3, 0.4) is 0 Å². The molecule has 2 heterocycles. The molecule has 0 aromatic heterocycles. The number of fused-ring (bicyclic) bond motifs is 3. The van der Waals surface area contributed by atoms with Crippen molar-refractivity contribution in [3.05, 3.63) is 11.6 Å². The Hall–Kier alpha value is -1.11. The molecule has 10 heteroatoms. The smallest absolute Gasteiger partial charge is 0.307 e. The fraction of sp³-hybridized carbons (Fsp3) is 0.917. The second-order valence-electron chi connectivity index (χ2n) is 17.4. The summed E-state index contributed by atoms with van der Waals surface area (Å²) in [6.45, 7) is 15.7. The van der Waals surface area contributed by atoms with Crippen LogP contribution in [-0.2, 0) is 19.0 Å². The molecular weight excluding hydrogens is 592 g/mol. The second-order valence-corrected chi connectivity index (χ2v) is 17.4. The number of aliphatic hydroxyl groups excluding tert-OH is 5. The van der Waals surface area contributed by atoms with Gasteiger partial charge in [0.25, 0.3) is 0 Å². The monoisotopic (exact) mass is 650 g/mol. The fourth-order valence-electron chi connectivity index (χ4n) is 12.2. The molecule has 0 aromatic rings. The third kappa shape index (κ3) is 4.53. The van der Waals surface area contributed by atoms with E-state index in [0.29, 0.717) is 32.0 Å². The minimum Gasteiger partial charge on any atom is -0.481 e. The average molecular weight is 651 g/mol. The summed E-state index contributed by atoms with van der Waals surface area (Å²) >= 11 is 0. The van der Waals surface area contributed by atoms with Gasteiger partial charge >= 0.3 is 5.97 Å². The van der Waals surface area contributed by atoms with Crippen molar-refractivity contribution >= 4 is 5.97 Å². The van der Waals surface area contributed by atoms with Gasteiger partial charge in [0.1, 0.15) is 24.4 Å². The van der Waals surface area contributed by atoms with E-state index in [9.17, 15) is 35.4 Å². The largest absolute Gasteiger partial charge is 0.481 e. The van der Waals surface area contributed by atoms with E-state index in [-0.39, 0.29) is 28.6 Å². The SMILES string of the molecule is CC(C)[C@@H](C)[C@@]1(C)CC[C@]2(C)[C@H]3CC[C@H]4C5(C)COC[C@@]4(C[C@@H](O)[C@@H]5O[C@@H]4OC(CO)[C@@H](O)[C@H](O)C4O)C3=CC[C@@]2(C)[C@@H]1C(=O)O. The number of carbonyl (C=O) groups is 1. The molecular formula is C36H58O10. The molecule has 0 spiro atoms. The van der Waals surface area contributed by atoms with Crippen molar-refractivity contribution in [3.8, 4) is 0 Å². The van der Waals surface area contributed by atoms with Crippen LogP contribution in [0.4, 0.5) is 0 Å². The average Bonchev–Trinajstić information content (AvgIpc) is 2.99. The molecule has 2 aliphatic heterocycles. The van der Waals surface area contributed by atoms with E-state index < -0.39 is 77.7 Å². The number of rotatable bonds is 6. The highest BCUT2D eigenvalue weighted by Crippen LogP contribution is 2.75. The number of ether oxygens (including phenoxy) is 3. The molecule has 6 aliphatic rings. The predicted molar refractivity (Wildman–Crippen MR) is 168 cm³/mol. The normalized spacial score (nSPS) is 54.2. The van der Waals surface area contributed by atoms with Gasteiger partial charge in [-0.2, -0.15) is 0 Å². The van der Waals surface area contributed by atoms with Crippen molar-refractivity contribution in [1.82, 2.24) is 0 Å². The first-order valence-electron chi connectivity index (χ1n) is 17.6. The first-order valence-corrected chi connectivity index (χ1v) is 17.6. The molecule has 2 bridgehead atoms. The zero-order valence-corrected chi connectivity index (χ0v) is 28.7. The van der Waals surface area contributed by atoms with Crippen molar-refractivity contribution < 1.29 is 49.6 Å². The van der Waals surface area contributed by atoms with Gasteiger partial charge in [0.15, 0.2) is 6.29 Å².